The maximum Gasteiger partial charge on any atom is 0.187 e. The van der Waals surface area contributed by atoms with Gasteiger partial charge in [-0.2, -0.15) is 0 Å². The van der Waals surface area contributed by atoms with Gasteiger partial charge in [0.05, 0.1) is 44.7 Å². The Morgan fingerprint density at radius 2 is 1.25 bits per heavy atom. The third-order valence-electron chi connectivity index (χ3n) is 19.2. The van der Waals surface area contributed by atoms with Crippen LogP contribution in [0.5, 0.6) is 0 Å². The van der Waals surface area contributed by atoms with Crippen molar-refractivity contribution in [2.24, 2.45) is 46.3 Å². The molecule has 5 heterocycles. The van der Waals surface area contributed by atoms with E-state index >= 15 is 0 Å². The highest BCUT2D eigenvalue weighted by Crippen LogP contribution is 2.70. The molecule has 8 fully saturated rings. The molecule has 0 aromatic carbocycles. The molecule has 9 rings (SSSR count). The van der Waals surface area contributed by atoms with Crippen molar-refractivity contribution >= 4 is 0 Å². The van der Waals surface area contributed by atoms with Crippen LogP contribution in [0.2, 0.25) is 0 Å². The Kier molecular flexibility index (Phi) is 16.7. The third kappa shape index (κ3) is 9.80. The summed E-state index contributed by atoms with van der Waals surface area (Å²) < 4.78 is 54.3. The summed E-state index contributed by atoms with van der Waals surface area (Å²) in [7, 11) is 0. The average Bonchev–Trinajstić information content (AvgIpc) is 3.91. The summed E-state index contributed by atoms with van der Waals surface area (Å²) in [4.78, 5) is 0. The summed E-state index contributed by atoms with van der Waals surface area (Å²) in [6, 6.07) is 0. The fourth-order valence-electron chi connectivity index (χ4n) is 14.8. The Morgan fingerprint density at radius 3 is 1.94 bits per heavy atom. The van der Waals surface area contributed by atoms with Gasteiger partial charge < -0.3 is 109 Å². The van der Waals surface area contributed by atoms with Gasteiger partial charge in [-0.05, 0) is 98.7 Å². The van der Waals surface area contributed by atoms with Crippen molar-refractivity contribution in [1.82, 2.24) is 0 Å². The van der Waals surface area contributed by atoms with Crippen molar-refractivity contribution in [1.29, 1.82) is 0 Å². The normalized spacial score (nSPS) is 54.9. The van der Waals surface area contributed by atoms with Crippen molar-refractivity contribution < 1.29 is 109 Å². The average molecular weight is 1040 g/mol. The molecule has 5 aliphatic heterocycles. The number of allylic oxidation sites excluding steroid dienone is 1. The Balaban J connectivity index is 0.843. The van der Waals surface area contributed by atoms with Crippen molar-refractivity contribution in [2.45, 2.75) is 227 Å². The first-order chi connectivity index (χ1) is 34.1. The van der Waals surface area contributed by atoms with Gasteiger partial charge in [0.25, 0.3) is 0 Å². The summed E-state index contributed by atoms with van der Waals surface area (Å²) in [5, 5.41) is 138. The third-order valence-corrected chi connectivity index (χ3v) is 19.2. The lowest BCUT2D eigenvalue weighted by Crippen LogP contribution is -2.65. The highest BCUT2D eigenvalue weighted by Gasteiger charge is 2.68. The predicted molar refractivity (Wildman–Crippen MR) is 244 cm³/mol. The molecular formula is C50H82O22. The lowest BCUT2D eigenvalue weighted by molar-refractivity contribution is -0.380. The standard InChI is InChI=1S/C50H82O22/c1-20(19-64-44-39(60)37(58)34(55)29(16-51)67-44)8-13-50(63)21(2)32-28(72-50)15-27-25-7-6-23-14-24(9-11-48(23,4)26(25)10-12-49(27,32)5)66-47-43(71-45-40(61)36(57)33(54)22(3)65-45)41(62)42(31(18-53)69-47)70-46-38(59)35(56)30(17-52)68-46/h6,20-22,24-47,51-63H,7-19H2,1-5H3/t20-,21-,22-,24-,25+,26-,27-,28-,29+,30-,31+,32-,33-,34+,35-,36+,37-,38+,39+,40+,41-,42+,43+,44+,45-,46-,47+,48-,49-,50+/m0/s1. The molecule has 0 aromatic heterocycles. The number of ether oxygens (including phenoxy) is 9. The number of aliphatic hydroxyl groups excluding tert-OH is 12. The van der Waals surface area contributed by atoms with E-state index in [0.29, 0.717) is 43.4 Å². The predicted octanol–water partition coefficient (Wildman–Crippen LogP) is -2.37. The molecule has 0 aromatic rings. The van der Waals surface area contributed by atoms with Gasteiger partial charge in [0.1, 0.15) is 85.5 Å². The zero-order chi connectivity index (χ0) is 51.9. The van der Waals surface area contributed by atoms with Gasteiger partial charge in [-0.3, -0.25) is 0 Å². The fourth-order valence-corrected chi connectivity index (χ4v) is 14.8. The van der Waals surface area contributed by atoms with Crippen LogP contribution in [0.15, 0.2) is 11.6 Å². The first kappa shape index (κ1) is 55.6. The minimum Gasteiger partial charge on any atom is -0.394 e. The van der Waals surface area contributed by atoms with Crippen LogP contribution >= 0.6 is 0 Å². The molecular weight excluding hydrogens is 953 g/mol. The van der Waals surface area contributed by atoms with Crippen LogP contribution in [-0.4, -0.2) is 228 Å². The summed E-state index contributed by atoms with van der Waals surface area (Å²) in [6.45, 7) is 8.58. The lowest BCUT2D eigenvalue weighted by Gasteiger charge is -2.58. The highest BCUT2D eigenvalue weighted by molar-refractivity contribution is 5.26. The second-order valence-corrected chi connectivity index (χ2v) is 23.3. The Morgan fingerprint density at radius 1 is 0.653 bits per heavy atom. The molecule has 0 amide bonds. The number of fused-ring (bicyclic) bond motifs is 7. The molecule has 5 saturated heterocycles. The summed E-state index contributed by atoms with van der Waals surface area (Å²) in [5.41, 5.74) is 1.07. The van der Waals surface area contributed by atoms with E-state index in [2.05, 4.69) is 26.8 Å². The molecule has 0 bridgehead atoms. The van der Waals surface area contributed by atoms with Crippen LogP contribution in [0.3, 0.4) is 0 Å². The van der Waals surface area contributed by atoms with Crippen LogP contribution in [0.1, 0.15) is 92.4 Å². The van der Waals surface area contributed by atoms with Crippen molar-refractivity contribution in [2.75, 3.05) is 26.4 Å². The lowest BCUT2D eigenvalue weighted by atomic mass is 9.47. The molecule has 3 saturated carbocycles. The minimum atomic E-state index is -1.74. The van der Waals surface area contributed by atoms with Gasteiger partial charge in [-0.15, -0.1) is 0 Å². The second kappa shape index (κ2) is 21.6. The van der Waals surface area contributed by atoms with Gasteiger partial charge in [0.2, 0.25) is 0 Å². The first-order valence-electron chi connectivity index (χ1n) is 26.3. The zero-order valence-corrected chi connectivity index (χ0v) is 41.8. The molecule has 4 aliphatic carbocycles. The molecule has 30 atom stereocenters. The summed E-state index contributed by atoms with van der Waals surface area (Å²) in [6.07, 6.45) is -18.8. The number of aliphatic hydroxyl groups is 13. The Bertz CT molecular complexity index is 1860. The van der Waals surface area contributed by atoms with Crippen molar-refractivity contribution in [3.63, 3.8) is 0 Å². The van der Waals surface area contributed by atoms with Gasteiger partial charge >= 0.3 is 0 Å². The van der Waals surface area contributed by atoms with Crippen LogP contribution in [0, 0.1) is 46.3 Å². The monoisotopic (exact) mass is 1030 g/mol. The van der Waals surface area contributed by atoms with E-state index in [4.69, 9.17) is 42.6 Å². The number of hydrogen-bond donors (Lipinski definition) is 13. The SMILES string of the molecule is C[C@@H](CC[C@@]1(O)O[C@H]2C[C@H]3[C@@H]4CC=C5C[C@@H](O[C@@H]6O[C@H](CO)[C@@H](O[C@@H]7O[C@@H](CO)[C@H](O)[C@H]7O)[C@H](O)[C@H]6O[C@@H]6O[C@@H](C)[C@H](O)[C@@H](O)[C@H]6O)CC[C@]5(C)[C@H]4CC[C@]3(C)[C@H]2[C@@H]1C)CO[C@@H]1O[C@H](CO)[C@@H](O)[C@H](O)[C@H]1O. The number of rotatable bonds is 15. The Hall–Kier alpha value is -1.14. The fraction of sp³-hybridized carbons (Fsp3) is 0.960. The van der Waals surface area contributed by atoms with Gasteiger partial charge in [-0.25, -0.2) is 0 Å². The van der Waals surface area contributed by atoms with E-state index in [1.165, 1.54) is 12.5 Å². The minimum absolute atomic E-state index is 0.0571. The maximum atomic E-state index is 12.1. The van der Waals surface area contributed by atoms with Crippen LogP contribution in [0.4, 0.5) is 0 Å². The Labute approximate surface area is 419 Å². The van der Waals surface area contributed by atoms with Gasteiger partial charge in [-0.1, -0.05) is 39.3 Å². The van der Waals surface area contributed by atoms with Crippen molar-refractivity contribution in [3.8, 4) is 0 Å². The van der Waals surface area contributed by atoms with E-state index in [9.17, 15) is 66.4 Å². The quantitative estimate of drug-likeness (QED) is 0.0763. The van der Waals surface area contributed by atoms with Crippen LogP contribution in [-0.2, 0) is 42.6 Å². The van der Waals surface area contributed by atoms with E-state index in [-0.39, 0.29) is 41.3 Å². The van der Waals surface area contributed by atoms with Crippen molar-refractivity contribution in [3.05, 3.63) is 11.6 Å². The summed E-state index contributed by atoms with van der Waals surface area (Å²) in [5.74, 6) is -0.222. The number of hydrogen-bond acceptors (Lipinski definition) is 22. The smallest absolute Gasteiger partial charge is 0.187 e. The van der Waals surface area contributed by atoms with Crippen LogP contribution in [0.25, 0.3) is 0 Å². The zero-order valence-electron chi connectivity index (χ0n) is 41.8. The molecule has 13 N–H and O–H groups in total. The molecule has 414 valence electrons. The molecule has 0 radical (unpaired) electrons. The van der Waals surface area contributed by atoms with Gasteiger partial charge in [0, 0.05) is 12.3 Å². The molecule has 9 aliphatic rings. The molecule has 0 spiro atoms. The molecule has 0 unspecified atom stereocenters. The largest absolute Gasteiger partial charge is 0.394 e. The maximum absolute atomic E-state index is 12.1. The second-order valence-electron chi connectivity index (χ2n) is 23.3. The highest BCUT2D eigenvalue weighted by atomic mass is 16.8. The molecule has 22 nitrogen and oxygen atoms in total. The van der Waals surface area contributed by atoms with E-state index in [1.807, 2.05) is 6.92 Å². The topological polar surface area (TPSA) is 346 Å². The van der Waals surface area contributed by atoms with E-state index in [0.717, 1.165) is 32.1 Å². The van der Waals surface area contributed by atoms with E-state index < -0.39 is 148 Å². The molecule has 22 heteroatoms. The molecule has 72 heavy (non-hydrogen) atoms. The van der Waals surface area contributed by atoms with Gasteiger partial charge in [0.15, 0.2) is 30.9 Å². The first-order valence-corrected chi connectivity index (χ1v) is 26.3. The van der Waals surface area contributed by atoms with E-state index in [1.54, 1.807) is 0 Å². The van der Waals surface area contributed by atoms with Crippen LogP contribution < -0.4 is 0 Å². The summed E-state index contributed by atoms with van der Waals surface area (Å²) >= 11 is 0.